The molecule has 1 heterocycles. The maximum Gasteiger partial charge on any atom is 0.295 e. The number of nitrogens with one attached hydrogen (secondary N) is 1. The van der Waals surface area contributed by atoms with Crippen molar-refractivity contribution in [2.75, 3.05) is 17.6 Å². The number of benzene rings is 1. The first-order chi connectivity index (χ1) is 8.06. The van der Waals surface area contributed by atoms with Crippen LogP contribution in [0.15, 0.2) is 22.6 Å². The summed E-state index contributed by atoms with van der Waals surface area (Å²) in [4.78, 5) is 4.35. The Balaban J connectivity index is 2.09. The number of nitrogens with two attached hydrogens (primary N) is 1. The monoisotopic (exact) mass is 233 g/mol. The van der Waals surface area contributed by atoms with Gasteiger partial charge in [0.25, 0.3) is 6.01 Å². The van der Waals surface area contributed by atoms with E-state index in [-0.39, 0.29) is 0 Å². The molecule has 0 radical (unpaired) electrons. The summed E-state index contributed by atoms with van der Waals surface area (Å²) in [7, 11) is 0. The smallest absolute Gasteiger partial charge is 0.295 e. The van der Waals surface area contributed by atoms with Gasteiger partial charge in [0.1, 0.15) is 5.52 Å². The highest BCUT2D eigenvalue weighted by Gasteiger charge is 2.09. The second kappa shape index (κ2) is 4.65. The van der Waals surface area contributed by atoms with Gasteiger partial charge in [-0.05, 0) is 24.0 Å². The van der Waals surface area contributed by atoms with Gasteiger partial charge in [-0.1, -0.05) is 20.8 Å². The van der Waals surface area contributed by atoms with E-state index in [1.165, 1.54) is 0 Å². The SMILES string of the molecule is CC(C)C(C)CNc1nc2ccc(N)cc2o1. The second-order valence-corrected chi connectivity index (χ2v) is 4.85. The number of rotatable bonds is 4. The summed E-state index contributed by atoms with van der Waals surface area (Å²) in [6, 6.07) is 6.05. The molecule has 0 bridgehead atoms. The maximum absolute atomic E-state index is 5.69. The number of hydrogen-bond donors (Lipinski definition) is 2. The molecule has 0 aliphatic heterocycles. The van der Waals surface area contributed by atoms with Crippen LogP contribution in [-0.2, 0) is 0 Å². The summed E-state index contributed by atoms with van der Waals surface area (Å²) in [5.41, 5.74) is 7.94. The number of anilines is 2. The molecule has 1 aromatic heterocycles. The van der Waals surface area contributed by atoms with Gasteiger partial charge in [-0.15, -0.1) is 0 Å². The van der Waals surface area contributed by atoms with E-state index in [0.29, 0.717) is 23.5 Å². The standard InChI is InChI=1S/C13H19N3O/c1-8(2)9(3)7-15-13-16-11-5-4-10(14)6-12(11)17-13/h4-6,8-9H,7,14H2,1-3H3,(H,15,16). The van der Waals surface area contributed by atoms with Crippen LogP contribution in [0.1, 0.15) is 20.8 Å². The molecule has 3 N–H and O–H groups in total. The van der Waals surface area contributed by atoms with Crippen molar-refractivity contribution in [3.05, 3.63) is 18.2 Å². The van der Waals surface area contributed by atoms with Crippen LogP contribution in [0.2, 0.25) is 0 Å². The van der Waals surface area contributed by atoms with Crippen LogP contribution < -0.4 is 11.1 Å². The lowest BCUT2D eigenvalue weighted by Crippen LogP contribution is -2.16. The van der Waals surface area contributed by atoms with E-state index >= 15 is 0 Å². The fraction of sp³-hybridized carbons (Fsp3) is 0.462. The van der Waals surface area contributed by atoms with Crippen LogP contribution in [0.3, 0.4) is 0 Å². The molecule has 0 aliphatic carbocycles. The minimum Gasteiger partial charge on any atom is -0.423 e. The van der Waals surface area contributed by atoms with Gasteiger partial charge in [0, 0.05) is 18.3 Å². The van der Waals surface area contributed by atoms with Crippen molar-refractivity contribution in [3.8, 4) is 0 Å². The predicted octanol–water partition coefficient (Wildman–Crippen LogP) is 3.11. The first kappa shape index (κ1) is 11.8. The zero-order valence-corrected chi connectivity index (χ0v) is 10.5. The molecule has 0 aliphatic rings. The highest BCUT2D eigenvalue weighted by Crippen LogP contribution is 2.21. The average molecular weight is 233 g/mol. The molecule has 1 unspecified atom stereocenters. The zero-order valence-electron chi connectivity index (χ0n) is 10.5. The van der Waals surface area contributed by atoms with E-state index < -0.39 is 0 Å². The molecule has 4 nitrogen and oxygen atoms in total. The molecule has 0 fully saturated rings. The number of nitrogen functional groups attached to an aromatic ring is 1. The molecule has 92 valence electrons. The van der Waals surface area contributed by atoms with Gasteiger partial charge in [0.15, 0.2) is 5.58 Å². The third kappa shape index (κ3) is 2.70. The van der Waals surface area contributed by atoms with Gasteiger partial charge < -0.3 is 15.5 Å². The molecular weight excluding hydrogens is 214 g/mol. The van der Waals surface area contributed by atoms with Gasteiger partial charge in [0.2, 0.25) is 0 Å². The topological polar surface area (TPSA) is 64.1 Å². The van der Waals surface area contributed by atoms with Crippen LogP contribution in [0.4, 0.5) is 11.7 Å². The molecule has 0 spiro atoms. The minimum atomic E-state index is 0.568. The van der Waals surface area contributed by atoms with Crippen molar-refractivity contribution in [2.45, 2.75) is 20.8 Å². The molecule has 0 saturated heterocycles. The molecule has 2 aromatic rings. The average Bonchev–Trinajstić information content (AvgIpc) is 2.67. The number of aromatic nitrogens is 1. The number of fused-ring (bicyclic) bond motifs is 1. The van der Waals surface area contributed by atoms with Crippen molar-refractivity contribution in [1.29, 1.82) is 0 Å². The largest absolute Gasteiger partial charge is 0.423 e. The van der Waals surface area contributed by atoms with E-state index in [1.807, 2.05) is 12.1 Å². The molecule has 0 amide bonds. The molecule has 1 aromatic carbocycles. The third-order valence-corrected chi connectivity index (χ3v) is 3.13. The first-order valence-corrected chi connectivity index (χ1v) is 5.96. The van der Waals surface area contributed by atoms with Crippen LogP contribution >= 0.6 is 0 Å². The predicted molar refractivity (Wildman–Crippen MR) is 70.9 cm³/mol. The highest BCUT2D eigenvalue weighted by molar-refractivity contribution is 5.78. The summed E-state index contributed by atoms with van der Waals surface area (Å²) >= 11 is 0. The first-order valence-electron chi connectivity index (χ1n) is 5.96. The van der Waals surface area contributed by atoms with Crippen LogP contribution in [0, 0.1) is 11.8 Å². The van der Waals surface area contributed by atoms with E-state index in [1.54, 1.807) is 6.07 Å². The van der Waals surface area contributed by atoms with Crippen molar-refractivity contribution >= 4 is 22.8 Å². The Bertz CT molecular complexity index is 504. The summed E-state index contributed by atoms with van der Waals surface area (Å²) in [5.74, 6) is 1.22. The zero-order chi connectivity index (χ0) is 12.4. The van der Waals surface area contributed by atoms with Crippen molar-refractivity contribution < 1.29 is 4.42 Å². The van der Waals surface area contributed by atoms with Gasteiger partial charge in [0.05, 0.1) is 0 Å². The Labute approximate surface area is 101 Å². The summed E-state index contributed by atoms with van der Waals surface area (Å²) in [5, 5.41) is 3.22. The Morgan fingerprint density at radius 2 is 2.12 bits per heavy atom. The summed E-state index contributed by atoms with van der Waals surface area (Å²) in [6.45, 7) is 7.48. The third-order valence-electron chi connectivity index (χ3n) is 3.13. The normalized spacial score (nSPS) is 13.2. The summed E-state index contributed by atoms with van der Waals surface area (Å²) < 4.78 is 5.58. The number of nitrogens with zero attached hydrogens (tertiary/aromatic N) is 1. The minimum absolute atomic E-state index is 0.568. The number of oxazole rings is 1. The number of hydrogen-bond acceptors (Lipinski definition) is 4. The quantitative estimate of drug-likeness (QED) is 0.796. The second-order valence-electron chi connectivity index (χ2n) is 4.85. The lowest BCUT2D eigenvalue weighted by molar-refractivity contribution is 0.435. The molecule has 4 heteroatoms. The fourth-order valence-corrected chi connectivity index (χ4v) is 1.50. The highest BCUT2D eigenvalue weighted by atomic mass is 16.4. The van der Waals surface area contributed by atoms with E-state index in [9.17, 15) is 0 Å². The van der Waals surface area contributed by atoms with Crippen molar-refractivity contribution in [2.24, 2.45) is 11.8 Å². The molecule has 2 rings (SSSR count). The maximum atomic E-state index is 5.69. The van der Waals surface area contributed by atoms with Crippen molar-refractivity contribution in [1.82, 2.24) is 4.98 Å². The molecule has 0 saturated carbocycles. The Morgan fingerprint density at radius 3 is 2.82 bits per heavy atom. The summed E-state index contributed by atoms with van der Waals surface area (Å²) in [6.07, 6.45) is 0. The van der Waals surface area contributed by atoms with E-state index in [4.69, 9.17) is 10.2 Å². The Hall–Kier alpha value is -1.71. The van der Waals surface area contributed by atoms with Gasteiger partial charge in [-0.25, -0.2) is 0 Å². The molecule has 17 heavy (non-hydrogen) atoms. The lowest BCUT2D eigenvalue weighted by Gasteiger charge is -2.14. The van der Waals surface area contributed by atoms with Gasteiger partial charge in [-0.3, -0.25) is 0 Å². The Kier molecular flexibility index (Phi) is 3.22. The van der Waals surface area contributed by atoms with Crippen LogP contribution in [-0.4, -0.2) is 11.5 Å². The lowest BCUT2D eigenvalue weighted by atomic mass is 9.98. The molecule has 1 atom stereocenters. The van der Waals surface area contributed by atoms with E-state index in [0.717, 1.165) is 17.6 Å². The van der Waals surface area contributed by atoms with Crippen LogP contribution in [0.5, 0.6) is 0 Å². The Morgan fingerprint density at radius 1 is 1.35 bits per heavy atom. The van der Waals surface area contributed by atoms with Gasteiger partial charge >= 0.3 is 0 Å². The van der Waals surface area contributed by atoms with Crippen molar-refractivity contribution in [3.63, 3.8) is 0 Å². The van der Waals surface area contributed by atoms with E-state index in [2.05, 4.69) is 31.1 Å². The molecular formula is C13H19N3O. The fourth-order valence-electron chi connectivity index (χ4n) is 1.50. The van der Waals surface area contributed by atoms with Gasteiger partial charge in [-0.2, -0.15) is 4.98 Å². The van der Waals surface area contributed by atoms with Crippen LogP contribution in [0.25, 0.3) is 11.1 Å².